The van der Waals surface area contributed by atoms with E-state index >= 15 is 0 Å². The second-order valence-corrected chi connectivity index (χ2v) is 18.5. The summed E-state index contributed by atoms with van der Waals surface area (Å²) in [6, 6.07) is -0.771. The fourth-order valence-corrected chi connectivity index (χ4v) is 8.36. The van der Waals surface area contributed by atoms with Crippen LogP contribution in [-0.4, -0.2) is 47.8 Å². The van der Waals surface area contributed by atoms with Gasteiger partial charge in [0.05, 0.1) is 25.4 Å². The van der Waals surface area contributed by atoms with Gasteiger partial charge in [-0.1, -0.05) is 225 Å². The first-order valence-corrected chi connectivity index (χ1v) is 26.3. The maximum atomic E-state index is 12.8. The van der Waals surface area contributed by atoms with E-state index in [1.807, 2.05) is 0 Å². The highest BCUT2D eigenvalue weighted by atomic mass is 31.2. The van der Waals surface area contributed by atoms with Crippen LogP contribution in [0.25, 0.3) is 0 Å². The molecule has 0 heterocycles. The number of carbonyl (C=O) groups is 1. The van der Waals surface area contributed by atoms with Crippen molar-refractivity contribution < 1.29 is 28.4 Å². The molecular weight excluding hydrogens is 732 g/mol. The van der Waals surface area contributed by atoms with Gasteiger partial charge in [-0.05, 0) is 38.5 Å². The largest absolute Gasteiger partial charge is 0.472 e. The Morgan fingerprint density at radius 2 is 0.912 bits per heavy atom. The molecule has 0 aliphatic heterocycles. The molecule has 0 rings (SSSR count). The number of nitrogens with one attached hydrogen (secondary N) is 1. The van der Waals surface area contributed by atoms with E-state index in [2.05, 4.69) is 31.3 Å². The smallest absolute Gasteiger partial charge is 0.391 e. The van der Waals surface area contributed by atoms with Crippen LogP contribution in [0.2, 0.25) is 0 Å². The van der Waals surface area contributed by atoms with Crippen LogP contribution in [-0.2, 0) is 18.4 Å². The van der Waals surface area contributed by atoms with Crippen molar-refractivity contribution in [2.24, 2.45) is 5.73 Å². The molecule has 5 N–H and O–H groups in total. The summed E-state index contributed by atoms with van der Waals surface area (Å²) in [5.74, 6) is -0.159. The number of aliphatic hydroxyl groups is 1. The SMILES string of the molecule is CCCCCCCCCC/C=C\CCCCCCCCCCCCCC(=O)NC(COP(=O)(O)OCCN)C(O)CCCCCCCCCCCCCCCCC. The monoisotopic (exact) mass is 829 g/mol. The first-order valence-electron chi connectivity index (χ1n) is 24.8. The van der Waals surface area contributed by atoms with E-state index in [0.29, 0.717) is 12.8 Å². The molecule has 8 nitrogen and oxygen atoms in total. The molecule has 0 saturated carbocycles. The normalized spacial score (nSPS) is 14.0. The molecule has 9 heteroatoms. The Balaban J connectivity index is 4.01. The van der Waals surface area contributed by atoms with Gasteiger partial charge < -0.3 is 21.1 Å². The Hall–Kier alpha value is -0.760. The van der Waals surface area contributed by atoms with Crippen molar-refractivity contribution in [1.82, 2.24) is 5.32 Å². The molecule has 0 radical (unpaired) electrons. The van der Waals surface area contributed by atoms with E-state index < -0.39 is 20.0 Å². The molecule has 0 aromatic carbocycles. The van der Waals surface area contributed by atoms with Crippen LogP contribution in [0.3, 0.4) is 0 Å². The summed E-state index contributed by atoms with van der Waals surface area (Å²) in [4.78, 5) is 22.8. The zero-order chi connectivity index (χ0) is 41.8. The van der Waals surface area contributed by atoms with Crippen molar-refractivity contribution >= 4 is 13.7 Å². The van der Waals surface area contributed by atoms with Gasteiger partial charge in [0.1, 0.15) is 0 Å². The standard InChI is InChI=1S/C48H97N2O6P/c1-3-5-7-9-11-13-15-17-19-20-21-22-23-24-25-26-28-30-32-34-36-38-40-42-48(52)50-46(45-56-57(53,54)55-44-43-49)47(51)41-39-37-35-33-31-29-27-18-16-14-12-10-8-6-4-2/h20-21,46-47,51H,3-19,22-45,49H2,1-2H3,(H,50,52)(H,53,54)/b21-20-. The van der Waals surface area contributed by atoms with Gasteiger partial charge in [-0.15, -0.1) is 0 Å². The number of amides is 1. The van der Waals surface area contributed by atoms with Gasteiger partial charge in [-0.25, -0.2) is 4.57 Å². The van der Waals surface area contributed by atoms with Gasteiger partial charge in [0.15, 0.2) is 0 Å². The highest BCUT2D eigenvalue weighted by molar-refractivity contribution is 7.47. The van der Waals surface area contributed by atoms with Crippen LogP contribution < -0.4 is 11.1 Å². The average Bonchev–Trinajstić information content (AvgIpc) is 3.20. The van der Waals surface area contributed by atoms with Gasteiger partial charge in [0.25, 0.3) is 0 Å². The number of aliphatic hydroxyl groups excluding tert-OH is 1. The number of unbranched alkanes of at least 4 members (excludes halogenated alkanes) is 33. The highest BCUT2D eigenvalue weighted by Gasteiger charge is 2.27. The molecule has 340 valence electrons. The number of phosphoric acid groups is 1. The van der Waals surface area contributed by atoms with Crippen LogP contribution in [0.1, 0.15) is 258 Å². The van der Waals surface area contributed by atoms with Gasteiger partial charge >= 0.3 is 7.82 Å². The molecule has 0 spiro atoms. The van der Waals surface area contributed by atoms with E-state index in [1.54, 1.807) is 0 Å². The third-order valence-corrected chi connectivity index (χ3v) is 12.4. The van der Waals surface area contributed by atoms with Crippen LogP contribution >= 0.6 is 7.82 Å². The molecule has 0 aliphatic carbocycles. The van der Waals surface area contributed by atoms with Crippen molar-refractivity contribution in [3.63, 3.8) is 0 Å². The molecule has 0 aromatic rings. The minimum Gasteiger partial charge on any atom is -0.391 e. The number of rotatable bonds is 47. The lowest BCUT2D eigenvalue weighted by Crippen LogP contribution is -2.46. The van der Waals surface area contributed by atoms with Crippen LogP contribution in [0.15, 0.2) is 12.2 Å². The number of hydrogen-bond acceptors (Lipinski definition) is 6. The minimum absolute atomic E-state index is 0.0909. The third kappa shape index (κ3) is 43.1. The van der Waals surface area contributed by atoms with Crippen molar-refractivity contribution in [3.8, 4) is 0 Å². The van der Waals surface area contributed by atoms with Crippen LogP contribution in [0.4, 0.5) is 0 Å². The fourth-order valence-electron chi connectivity index (χ4n) is 7.60. The molecule has 0 bridgehead atoms. The predicted molar refractivity (Wildman–Crippen MR) is 245 cm³/mol. The van der Waals surface area contributed by atoms with Gasteiger partial charge in [-0.3, -0.25) is 13.8 Å². The van der Waals surface area contributed by atoms with Crippen molar-refractivity contribution in [2.45, 2.75) is 270 Å². The molecule has 57 heavy (non-hydrogen) atoms. The lowest BCUT2D eigenvalue weighted by atomic mass is 10.0. The van der Waals surface area contributed by atoms with Gasteiger partial charge in [0.2, 0.25) is 5.91 Å². The number of phosphoric ester groups is 1. The average molecular weight is 829 g/mol. The van der Waals surface area contributed by atoms with E-state index in [-0.39, 0.29) is 25.7 Å². The Bertz CT molecular complexity index is 906. The molecule has 0 aliphatic rings. The number of nitrogens with two attached hydrogens (primary N) is 1. The van der Waals surface area contributed by atoms with E-state index in [4.69, 9.17) is 14.8 Å². The molecular formula is C48H97N2O6P. The first kappa shape index (κ1) is 56.2. The summed E-state index contributed by atoms with van der Waals surface area (Å²) < 4.78 is 22.2. The molecule has 3 atom stereocenters. The summed E-state index contributed by atoms with van der Waals surface area (Å²) in [6.45, 7) is 4.24. The van der Waals surface area contributed by atoms with Crippen molar-refractivity contribution in [1.29, 1.82) is 0 Å². The van der Waals surface area contributed by atoms with Crippen LogP contribution in [0, 0.1) is 0 Å². The summed E-state index contributed by atoms with van der Waals surface area (Å²) in [7, 11) is -4.31. The Labute approximate surface area is 354 Å². The summed E-state index contributed by atoms with van der Waals surface area (Å²) in [5, 5.41) is 13.8. The quantitative estimate of drug-likeness (QED) is 0.0273. The summed E-state index contributed by atoms with van der Waals surface area (Å²) in [5.41, 5.74) is 5.39. The van der Waals surface area contributed by atoms with Crippen molar-refractivity contribution in [2.75, 3.05) is 19.8 Å². The fraction of sp³-hybridized carbons (Fsp3) is 0.938. The summed E-state index contributed by atoms with van der Waals surface area (Å²) >= 11 is 0. The number of carbonyl (C=O) groups excluding carboxylic acids is 1. The molecule has 0 fully saturated rings. The minimum atomic E-state index is -4.31. The second-order valence-electron chi connectivity index (χ2n) is 17.0. The highest BCUT2D eigenvalue weighted by Crippen LogP contribution is 2.43. The van der Waals surface area contributed by atoms with Crippen molar-refractivity contribution in [3.05, 3.63) is 12.2 Å². The molecule has 1 amide bonds. The lowest BCUT2D eigenvalue weighted by Gasteiger charge is -2.25. The Morgan fingerprint density at radius 1 is 0.561 bits per heavy atom. The number of hydrogen-bond donors (Lipinski definition) is 4. The van der Waals surface area contributed by atoms with Gasteiger partial charge in [0, 0.05) is 13.0 Å². The Kier molecular flexibility index (Phi) is 44.2. The van der Waals surface area contributed by atoms with E-state index in [0.717, 1.165) is 38.5 Å². The topological polar surface area (TPSA) is 131 Å². The molecule has 0 saturated heterocycles. The first-order chi connectivity index (χ1) is 27.9. The molecule has 3 unspecified atom stereocenters. The van der Waals surface area contributed by atoms with Gasteiger partial charge in [-0.2, -0.15) is 0 Å². The number of allylic oxidation sites excluding steroid dienone is 2. The van der Waals surface area contributed by atoms with E-state index in [9.17, 15) is 19.4 Å². The van der Waals surface area contributed by atoms with E-state index in [1.165, 1.54) is 193 Å². The lowest BCUT2D eigenvalue weighted by molar-refractivity contribution is -0.123. The maximum absolute atomic E-state index is 12.8. The van der Waals surface area contributed by atoms with Crippen LogP contribution in [0.5, 0.6) is 0 Å². The zero-order valence-electron chi connectivity index (χ0n) is 37.9. The maximum Gasteiger partial charge on any atom is 0.472 e. The second kappa shape index (κ2) is 44.8. The third-order valence-electron chi connectivity index (χ3n) is 11.4. The summed E-state index contributed by atoms with van der Waals surface area (Å²) in [6.07, 6.45) is 50.9. The molecule has 0 aromatic heterocycles. The predicted octanol–water partition coefficient (Wildman–Crippen LogP) is 14.3. The zero-order valence-corrected chi connectivity index (χ0v) is 38.7. The Morgan fingerprint density at radius 3 is 1.30 bits per heavy atom.